The van der Waals surface area contributed by atoms with E-state index in [1.165, 1.54) is 0 Å². The van der Waals surface area contributed by atoms with Crippen LogP contribution in [0, 0.1) is 0 Å². The van der Waals surface area contributed by atoms with E-state index in [-0.39, 0.29) is 64.5 Å². The molecule has 0 saturated carbocycles. The van der Waals surface area contributed by atoms with E-state index in [1.54, 1.807) is 20.8 Å². The maximum absolute atomic E-state index is 12.2. The van der Waals surface area contributed by atoms with Gasteiger partial charge in [-0.25, -0.2) is 4.79 Å². The summed E-state index contributed by atoms with van der Waals surface area (Å²) in [6, 6.07) is 0. The van der Waals surface area contributed by atoms with Crippen LogP contribution in [0.4, 0.5) is 17.7 Å². The van der Waals surface area contributed by atoms with Gasteiger partial charge in [0, 0.05) is 13.1 Å². The van der Waals surface area contributed by atoms with Crippen LogP contribution in [0.3, 0.4) is 0 Å². The van der Waals surface area contributed by atoms with E-state index in [4.69, 9.17) is 4.74 Å². The average molecular weight is 263 g/mol. The zero-order valence-electron chi connectivity index (χ0n) is 9.97. The fourth-order valence-corrected chi connectivity index (χ4v) is 1.23. The van der Waals surface area contributed by atoms with Gasteiger partial charge in [-0.15, -0.1) is 0 Å². The molecule has 3 nitrogen and oxygen atoms in total. The van der Waals surface area contributed by atoms with Crippen molar-refractivity contribution in [2.24, 2.45) is 0 Å². The average Bonchev–Trinajstić information content (AvgIpc) is 1.72. The monoisotopic (exact) mass is 263 g/mol. The molecule has 1 fully saturated rings. The van der Waals surface area contributed by atoms with Crippen molar-refractivity contribution in [3.05, 3.63) is 0 Å². The Kier molecular flexibility index (Phi) is 5.87. The van der Waals surface area contributed by atoms with E-state index in [0.29, 0.717) is 0 Å². The molecule has 0 aromatic carbocycles. The Hall–Kier alpha value is 0.761. The first-order chi connectivity index (χ1) is 6.59. The van der Waals surface area contributed by atoms with Crippen molar-refractivity contribution >= 4 is 13.1 Å². The van der Waals surface area contributed by atoms with Gasteiger partial charge in [-0.3, -0.25) is 0 Å². The molecule has 88 valence electrons. The van der Waals surface area contributed by atoms with Gasteiger partial charge in [0.2, 0.25) is 0 Å². The molecule has 0 bridgehead atoms. The van der Waals surface area contributed by atoms with Crippen LogP contribution in [0.25, 0.3) is 0 Å². The molecule has 1 aliphatic heterocycles. The maximum Gasteiger partial charge on any atom is 1.00 e. The van der Waals surface area contributed by atoms with E-state index in [2.05, 4.69) is 0 Å². The number of carbonyl (C=O) groups is 1. The minimum absolute atomic E-state index is 0. The fraction of sp³-hybridized carbons (Fsp3) is 0.875. The first kappa shape index (κ1) is 16.8. The molecule has 0 unspecified atom stereocenters. The Bertz CT molecular complexity index is 261. The summed E-state index contributed by atoms with van der Waals surface area (Å²) in [6.07, 6.45) is -0.668. The fourth-order valence-electron chi connectivity index (χ4n) is 1.23. The van der Waals surface area contributed by atoms with E-state index < -0.39 is 24.5 Å². The third kappa shape index (κ3) is 4.95. The molecule has 1 saturated heterocycles. The van der Waals surface area contributed by atoms with Gasteiger partial charge in [0.25, 0.3) is 0 Å². The molecular weight excluding hydrogens is 249 g/mol. The summed E-state index contributed by atoms with van der Waals surface area (Å²) in [5.74, 6) is -1.34. The van der Waals surface area contributed by atoms with Crippen molar-refractivity contribution in [1.29, 1.82) is 0 Å². The van der Waals surface area contributed by atoms with E-state index in [1.807, 2.05) is 0 Å². The van der Waals surface area contributed by atoms with Crippen LogP contribution in [0.15, 0.2) is 0 Å². The molecule has 0 radical (unpaired) electrons. The summed E-state index contributed by atoms with van der Waals surface area (Å²) in [5, 5.41) is 0. The van der Waals surface area contributed by atoms with Gasteiger partial charge in [-0.1, -0.05) is 0 Å². The standard InChI is InChI=1S/C8H14BF3NO2.K/c1-8(2,3)15-7(14)13-4-6(5-13)9(10,11)12;/h6H,4-5H2,1-3H3;/q-1;+1. The van der Waals surface area contributed by atoms with Crippen LogP contribution in [0.1, 0.15) is 20.8 Å². The van der Waals surface area contributed by atoms with Gasteiger partial charge < -0.3 is 22.6 Å². The van der Waals surface area contributed by atoms with Gasteiger partial charge in [0.05, 0.1) is 0 Å². The predicted octanol–water partition coefficient (Wildman–Crippen LogP) is -0.541. The van der Waals surface area contributed by atoms with Crippen molar-refractivity contribution in [2.75, 3.05) is 13.1 Å². The number of amides is 1. The van der Waals surface area contributed by atoms with Crippen LogP contribution < -0.4 is 51.4 Å². The topological polar surface area (TPSA) is 29.5 Å². The smallest absolute Gasteiger partial charge is 0.449 e. The van der Waals surface area contributed by atoms with Crippen LogP contribution in [0.5, 0.6) is 0 Å². The number of rotatable bonds is 1. The number of carbonyl (C=O) groups excluding carboxylic acids is 1. The number of likely N-dealkylation sites (tertiary alicyclic amines) is 1. The predicted molar refractivity (Wildman–Crippen MR) is 50.6 cm³/mol. The quantitative estimate of drug-likeness (QED) is 0.595. The first-order valence-electron chi connectivity index (χ1n) is 4.77. The van der Waals surface area contributed by atoms with Crippen LogP contribution in [0.2, 0.25) is 5.82 Å². The molecule has 0 atom stereocenters. The van der Waals surface area contributed by atoms with Gasteiger partial charge in [0.1, 0.15) is 5.60 Å². The molecule has 8 heteroatoms. The minimum atomic E-state index is -4.82. The number of ether oxygens (including phenoxy) is 1. The van der Waals surface area contributed by atoms with Gasteiger partial charge >= 0.3 is 64.5 Å². The maximum atomic E-state index is 12.2. The molecule has 0 N–H and O–H groups in total. The molecule has 1 aliphatic rings. The Balaban J connectivity index is 0.00000225. The molecule has 0 aliphatic carbocycles. The Morgan fingerprint density at radius 2 is 1.75 bits per heavy atom. The normalized spacial score (nSPS) is 17.5. The van der Waals surface area contributed by atoms with Crippen LogP contribution in [-0.2, 0) is 4.74 Å². The third-order valence-electron chi connectivity index (χ3n) is 2.10. The van der Waals surface area contributed by atoms with Crippen molar-refractivity contribution in [3.8, 4) is 0 Å². The van der Waals surface area contributed by atoms with E-state index >= 15 is 0 Å². The molecular formula is C8H14BF3KNO2. The molecule has 0 aromatic rings. The summed E-state index contributed by atoms with van der Waals surface area (Å²) in [4.78, 5) is 12.3. The number of hydrogen-bond donors (Lipinski definition) is 0. The SMILES string of the molecule is CC(C)(C)OC(=O)N1CC([B-](F)(F)F)C1.[K+]. The summed E-state index contributed by atoms with van der Waals surface area (Å²) >= 11 is 0. The van der Waals surface area contributed by atoms with Gasteiger partial charge in [0.15, 0.2) is 0 Å². The van der Waals surface area contributed by atoms with Crippen molar-refractivity contribution in [1.82, 2.24) is 4.90 Å². The number of nitrogens with zero attached hydrogens (tertiary/aromatic N) is 1. The second kappa shape index (κ2) is 5.60. The van der Waals surface area contributed by atoms with Crippen molar-refractivity contribution in [2.45, 2.75) is 32.2 Å². The summed E-state index contributed by atoms with van der Waals surface area (Å²) in [5.41, 5.74) is -0.661. The molecule has 1 heterocycles. The van der Waals surface area contributed by atoms with Gasteiger partial charge in [-0.05, 0) is 26.6 Å². The molecule has 0 aromatic heterocycles. The van der Waals surface area contributed by atoms with Gasteiger partial charge in [-0.2, -0.15) is 0 Å². The summed E-state index contributed by atoms with van der Waals surface area (Å²) < 4.78 is 41.4. The Morgan fingerprint density at radius 1 is 1.31 bits per heavy atom. The zero-order valence-corrected chi connectivity index (χ0v) is 13.1. The molecule has 1 rings (SSSR count). The Labute approximate surface area is 136 Å². The first-order valence-corrected chi connectivity index (χ1v) is 4.77. The van der Waals surface area contributed by atoms with Crippen molar-refractivity contribution < 1.29 is 73.9 Å². The zero-order chi connectivity index (χ0) is 11.9. The van der Waals surface area contributed by atoms with Crippen LogP contribution in [-0.4, -0.2) is 36.7 Å². The second-order valence-corrected chi connectivity index (χ2v) is 4.77. The number of halogens is 3. The summed E-state index contributed by atoms with van der Waals surface area (Å²) in [7, 11) is 0. The largest absolute Gasteiger partial charge is 1.00 e. The summed E-state index contributed by atoms with van der Waals surface area (Å²) in [6.45, 7) is -0.323. The van der Waals surface area contributed by atoms with E-state index in [9.17, 15) is 17.7 Å². The second-order valence-electron chi connectivity index (χ2n) is 4.77. The molecule has 16 heavy (non-hydrogen) atoms. The van der Waals surface area contributed by atoms with Crippen LogP contribution >= 0.6 is 0 Å². The van der Waals surface area contributed by atoms with Crippen molar-refractivity contribution in [3.63, 3.8) is 0 Å². The minimum Gasteiger partial charge on any atom is -0.449 e. The third-order valence-corrected chi connectivity index (χ3v) is 2.10. The molecule has 0 spiro atoms. The van der Waals surface area contributed by atoms with E-state index in [0.717, 1.165) is 4.90 Å². The number of hydrogen-bond acceptors (Lipinski definition) is 2. The Morgan fingerprint density at radius 3 is 2.06 bits per heavy atom. The molecule has 1 amide bonds.